The second-order valence-corrected chi connectivity index (χ2v) is 11.2. The average molecular weight is 561 g/mol. The van der Waals surface area contributed by atoms with Crippen LogP contribution in [-0.2, 0) is 10.0 Å². The molecule has 1 fully saturated rings. The first-order valence-electron chi connectivity index (χ1n) is 11.2. The number of nitrogen functional groups attached to an aromatic ring is 1. The van der Waals surface area contributed by atoms with E-state index in [0.717, 1.165) is 4.57 Å². The number of nitrogens with zero attached hydrogens (tertiary/aromatic N) is 6. The molecule has 11 nitrogen and oxygen atoms in total. The maximum absolute atomic E-state index is 12.9. The van der Waals surface area contributed by atoms with E-state index < -0.39 is 15.7 Å². The maximum Gasteiger partial charge on any atom is 0.355 e. The molecular weight excluding hydrogens is 539 g/mol. The zero-order chi connectivity index (χ0) is 26.3. The fourth-order valence-corrected chi connectivity index (χ4v) is 5.99. The molecule has 0 aliphatic carbocycles. The zero-order valence-electron chi connectivity index (χ0n) is 19.6. The summed E-state index contributed by atoms with van der Waals surface area (Å²) in [4.78, 5) is 27.7. The van der Waals surface area contributed by atoms with E-state index in [1.807, 2.05) is 7.05 Å². The van der Waals surface area contributed by atoms with Crippen molar-refractivity contribution in [3.63, 3.8) is 0 Å². The van der Waals surface area contributed by atoms with Gasteiger partial charge in [0.05, 0.1) is 26.0 Å². The molecule has 1 saturated heterocycles. The SMILES string of the molecule is CN1CCN(S(=O)(=O)c2ccc(Nc3ncc4c(N)n(-c5c(Cl)cccc5Cl)c(=O)nc4n3)cc2)CC1. The predicted octanol–water partition coefficient (Wildman–Crippen LogP) is 2.74. The summed E-state index contributed by atoms with van der Waals surface area (Å²) in [6.45, 7) is 2.27. The number of hydrogen-bond acceptors (Lipinski definition) is 9. The van der Waals surface area contributed by atoms with Gasteiger partial charge in [-0.15, -0.1) is 0 Å². The van der Waals surface area contributed by atoms with Crippen molar-refractivity contribution >= 4 is 61.7 Å². The van der Waals surface area contributed by atoms with Crippen molar-refractivity contribution in [1.29, 1.82) is 0 Å². The summed E-state index contributed by atoms with van der Waals surface area (Å²) in [6, 6.07) is 11.1. The number of sulfonamides is 1. The number of nitrogens with two attached hydrogens (primary N) is 1. The molecule has 3 N–H and O–H groups in total. The molecule has 0 saturated carbocycles. The highest BCUT2D eigenvalue weighted by molar-refractivity contribution is 7.89. The van der Waals surface area contributed by atoms with E-state index in [1.54, 1.807) is 30.3 Å². The third-order valence-electron chi connectivity index (χ3n) is 6.05. The normalized spacial score (nSPS) is 15.2. The summed E-state index contributed by atoms with van der Waals surface area (Å²) in [5.41, 5.74) is 6.41. The number of hydrogen-bond donors (Lipinski definition) is 2. The van der Waals surface area contributed by atoms with E-state index in [1.165, 1.54) is 22.6 Å². The van der Waals surface area contributed by atoms with Crippen molar-refractivity contribution in [1.82, 2.24) is 28.7 Å². The van der Waals surface area contributed by atoms with Crippen molar-refractivity contribution in [3.05, 3.63) is 69.2 Å². The molecule has 14 heteroatoms. The molecular formula is C23H22Cl2N8O3S. The van der Waals surface area contributed by atoms with E-state index in [2.05, 4.69) is 25.2 Å². The maximum atomic E-state index is 12.9. The fraction of sp³-hybridized carbons (Fsp3) is 0.217. The molecule has 2 aromatic heterocycles. The number of para-hydroxylation sites is 1. The second kappa shape index (κ2) is 9.88. The fourth-order valence-electron chi connectivity index (χ4n) is 4.00. The van der Waals surface area contributed by atoms with Crippen LogP contribution in [0.25, 0.3) is 16.7 Å². The van der Waals surface area contributed by atoms with Crippen LogP contribution >= 0.6 is 23.2 Å². The molecule has 37 heavy (non-hydrogen) atoms. The highest BCUT2D eigenvalue weighted by atomic mass is 35.5. The van der Waals surface area contributed by atoms with Gasteiger partial charge < -0.3 is 16.0 Å². The summed E-state index contributed by atoms with van der Waals surface area (Å²) < 4.78 is 28.5. The molecule has 1 aliphatic heterocycles. The summed E-state index contributed by atoms with van der Waals surface area (Å²) in [5.74, 6) is 0.192. The topological polar surface area (TPSA) is 139 Å². The van der Waals surface area contributed by atoms with Gasteiger partial charge in [0.25, 0.3) is 0 Å². The lowest BCUT2D eigenvalue weighted by atomic mass is 10.3. The van der Waals surface area contributed by atoms with Gasteiger partial charge in [0.2, 0.25) is 16.0 Å². The van der Waals surface area contributed by atoms with Crippen LogP contribution in [0.3, 0.4) is 0 Å². The minimum absolute atomic E-state index is 0.0371. The summed E-state index contributed by atoms with van der Waals surface area (Å²) >= 11 is 12.5. The number of piperazine rings is 1. The number of anilines is 3. The van der Waals surface area contributed by atoms with Crippen molar-refractivity contribution < 1.29 is 8.42 Å². The Morgan fingerprint density at radius 1 is 0.973 bits per heavy atom. The van der Waals surface area contributed by atoms with Crippen LogP contribution in [0.5, 0.6) is 0 Å². The van der Waals surface area contributed by atoms with Crippen molar-refractivity contribution in [2.24, 2.45) is 0 Å². The highest BCUT2D eigenvalue weighted by Gasteiger charge is 2.27. The van der Waals surface area contributed by atoms with Gasteiger partial charge in [-0.2, -0.15) is 14.3 Å². The van der Waals surface area contributed by atoms with Crippen LogP contribution in [0, 0.1) is 0 Å². The molecule has 0 spiro atoms. The summed E-state index contributed by atoms with van der Waals surface area (Å²) in [5, 5.41) is 3.79. The Hall–Kier alpha value is -3.29. The summed E-state index contributed by atoms with van der Waals surface area (Å²) in [6.07, 6.45) is 1.43. The van der Waals surface area contributed by atoms with Crippen LogP contribution in [0.2, 0.25) is 10.0 Å². The van der Waals surface area contributed by atoms with Crippen molar-refractivity contribution in [2.45, 2.75) is 4.90 Å². The largest absolute Gasteiger partial charge is 0.384 e. The van der Waals surface area contributed by atoms with E-state index in [0.29, 0.717) is 37.3 Å². The predicted molar refractivity (Wildman–Crippen MR) is 143 cm³/mol. The van der Waals surface area contributed by atoms with Gasteiger partial charge in [-0.25, -0.2) is 22.8 Å². The van der Waals surface area contributed by atoms with Gasteiger partial charge in [0.1, 0.15) is 5.82 Å². The number of aromatic nitrogens is 4. The molecule has 0 amide bonds. The van der Waals surface area contributed by atoms with Crippen molar-refractivity contribution in [3.8, 4) is 5.69 Å². The molecule has 3 heterocycles. The Bertz CT molecular complexity index is 1630. The molecule has 192 valence electrons. The van der Waals surface area contributed by atoms with Crippen molar-refractivity contribution in [2.75, 3.05) is 44.3 Å². The molecule has 4 aromatic rings. The smallest absolute Gasteiger partial charge is 0.355 e. The lowest BCUT2D eigenvalue weighted by Crippen LogP contribution is -2.46. The number of fused-ring (bicyclic) bond motifs is 1. The third kappa shape index (κ3) is 4.86. The van der Waals surface area contributed by atoms with Crippen LogP contribution in [0.15, 0.2) is 58.4 Å². The Kier molecular flexibility index (Phi) is 6.77. The van der Waals surface area contributed by atoms with Gasteiger partial charge in [0, 0.05) is 38.1 Å². The van der Waals surface area contributed by atoms with Crippen LogP contribution in [0.4, 0.5) is 17.5 Å². The number of nitrogens with one attached hydrogen (secondary N) is 1. The van der Waals surface area contributed by atoms with E-state index in [-0.39, 0.29) is 38.0 Å². The molecule has 0 atom stereocenters. The van der Waals surface area contributed by atoms with E-state index >= 15 is 0 Å². The van der Waals surface area contributed by atoms with Gasteiger partial charge in [-0.1, -0.05) is 29.3 Å². The molecule has 0 radical (unpaired) electrons. The molecule has 0 bridgehead atoms. The zero-order valence-corrected chi connectivity index (χ0v) is 21.9. The van der Waals surface area contributed by atoms with Gasteiger partial charge in [-0.05, 0) is 43.4 Å². The Balaban J connectivity index is 1.41. The van der Waals surface area contributed by atoms with Gasteiger partial charge in [0.15, 0.2) is 5.65 Å². The third-order valence-corrected chi connectivity index (χ3v) is 8.57. The molecule has 0 unspecified atom stereocenters. The van der Waals surface area contributed by atoms with E-state index in [4.69, 9.17) is 28.9 Å². The highest BCUT2D eigenvalue weighted by Crippen LogP contribution is 2.30. The Morgan fingerprint density at radius 2 is 1.62 bits per heavy atom. The lowest BCUT2D eigenvalue weighted by molar-refractivity contribution is 0.222. The molecule has 5 rings (SSSR count). The van der Waals surface area contributed by atoms with E-state index in [9.17, 15) is 13.2 Å². The minimum atomic E-state index is -3.58. The number of benzene rings is 2. The Morgan fingerprint density at radius 3 is 2.27 bits per heavy atom. The van der Waals surface area contributed by atoms with Gasteiger partial charge in [-0.3, -0.25) is 0 Å². The standard InChI is InChI=1S/C23H22Cl2N8O3S/c1-31-9-11-32(12-10-31)37(35,36)15-7-5-14(6-8-15)28-22-27-13-16-20(26)33(23(34)30-21(16)29-22)19-17(24)3-2-4-18(19)25/h2-8,13H,9-12,26H2,1H3,(H,28,29,30,34). The first-order valence-corrected chi connectivity index (χ1v) is 13.4. The monoisotopic (exact) mass is 560 g/mol. The minimum Gasteiger partial charge on any atom is -0.384 e. The van der Waals surface area contributed by atoms with Gasteiger partial charge >= 0.3 is 5.69 Å². The van der Waals surface area contributed by atoms with Crippen LogP contribution < -0.4 is 16.7 Å². The van der Waals surface area contributed by atoms with Crippen LogP contribution in [0.1, 0.15) is 0 Å². The molecule has 1 aliphatic rings. The first-order chi connectivity index (χ1) is 17.6. The number of halogens is 2. The van der Waals surface area contributed by atoms with Crippen LogP contribution in [-0.4, -0.2) is 70.4 Å². The first kappa shape index (κ1) is 25.4. The number of rotatable bonds is 5. The quantitative estimate of drug-likeness (QED) is 0.377. The summed E-state index contributed by atoms with van der Waals surface area (Å²) in [7, 11) is -1.61. The Labute approximate surface area is 222 Å². The second-order valence-electron chi connectivity index (χ2n) is 8.47. The number of likely N-dealkylation sites (N-methyl/N-ethyl adjacent to an activating group) is 1. The average Bonchev–Trinajstić information content (AvgIpc) is 2.86. The molecule has 2 aromatic carbocycles. The lowest BCUT2D eigenvalue weighted by Gasteiger charge is -2.31.